The van der Waals surface area contributed by atoms with Crippen molar-refractivity contribution in [1.82, 2.24) is 15.5 Å². The van der Waals surface area contributed by atoms with Gasteiger partial charge < -0.3 is 19.9 Å². The van der Waals surface area contributed by atoms with Crippen LogP contribution in [-0.2, 0) is 14.3 Å². The van der Waals surface area contributed by atoms with Gasteiger partial charge in [0.1, 0.15) is 11.4 Å². The molecule has 0 aromatic heterocycles. The number of methoxy groups -OCH3 is 1. The zero-order chi connectivity index (χ0) is 22.1. The summed E-state index contributed by atoms with van der Waals surface area (Å²) in [6.45, 7) is 7.28. The van der Waals surface area contributed by atoms with Gasteiger partial charge in [0, 0.05) is 44.4 Å². The van der Waals surface area contributed by atoms with Crippen molar-refractivity contribution in [3.8, 4) is 0 Å². The predicted octanol–water partition coefficient (Wildman–Crippen LogP) is 1.42. The number of aryl methyl sites for hydroxylation is 1. The first kappa shape index (κ1) is 22.0. The van der Waals surface area contributed by atoms with E-state index in [1.54, 1.807) is 17.9 Å². The molecule has 3 rings (SSSR count). The van der Waals surface area contributed by atoms with Gasteiger partial charge in [-0.05, 0) is 38.0 Å². The maximum Gasteiger partial charge on any atom is 0.322 e. The Labute approximate surface area is 175 Å². The van der Waals surface area contributed by atoms with Gasteiger partial charge in [-0.3, -0.25) is 14.9 Å². The van der Waals surface area contributed by atoms with Crippen LogP contribution in [0.1, 0.15) is 25.8 Å². The van der Waals surface area contributed by atoms with Gasteiger partial charge in [-0.15, -0.1) is 0 Å². The smallest absolute Gasteiger partial charge is 0.322 e. The molecule has 2 saturated heterocycles. The molecule has 2 unspecified atom stereocenters. The number of imide groups is 1. The zero-order valence-electron chi connectivity index (χ0n) is 17.8. The number of hydrogen-bond acceptors (Lipinski definition) is 5. The molecule has 164 valence electrons. The normalized spacial score (nSPS) is 25.2. The molecule has 2 aliphatic heterocycles. The van der Waals surface area contributed by atoms with Crippen LogP contribution in [0.4, 0.5) is 14.9 Å². The highest BCUT2D eigenvalue weighted by molar-refractivity contribution is 6.07. The van der Waals surface area contributed by atoms with Gasteiger partial charge >= 0.3 is 6.03 Å². The molecule has 1 aromatic rings. The summed E-state index contributed by atoms with van der Waals surface area (Å²) in [6, 6.07) is 4.16. The van der Waals surface area contributed by atoms with E-state index in [1.807, 2.05) is 13.8 Å². The SMILES string of the molecule is COCC1(CC(C)C(=O)N2CCN(c3cc(F)ccc3C)[C@@H](C)C2)NC(=O)NC1=O. The second kappa shape index (κ2) is 8.59. The highest BCUT2D eigenvalue weighted by Gasteiger charge is 2.48. The minimum atomic E-state index is -1.24. The van der Waals surface area contributed by atoms with E-state index in [9.17, 15) is 18.8 Å². The van der Waals surface area contributed by atoms with Crippen LogP contribution in [0, 0.1) is 18.7 Å². The van der Waals surface area contributed by atoms with Crippen molar-refractivity contribution in [2.24, 2.45) is 5.92 Å². The number of hydrogen-bond donors (Lipinski definition) is 2. The lowest BCUT2D eigenvalue weighted by molar-refractivity contribution is -0.137. The molecule has 8 nitrogen and oxygen atoms in total. The third-order valence-electron chi connectivity index (χ3n) is 5.90. The first-order valence-electron chi connectivity index (χ1n) is 10.1. The second-order valence-electron chi connectivity index (χ2n) is 8.29. The van der Waals surface area contributed by atoms with Crippen molar-refractivity contribution in [3.63, 3.8) is 0 Å². The maximum atomic E-state index is 13.7. The van der Waals surface area contributed by atoms with E-state index in [1.165, 1.54) is 19.2 Å². The Morgan fingerprint density at radius 1 is 1.37 bits per heavy atom. The molecule has 3 atom stereocenters. The van der Waals surface area contributed by atoms with E-state index in [-0.39, 0.29) is 30.8 Å². The number of amides is 4. The lowest BCUT2D eigenvalue weighted by Gasteiger charge is -2.43. The number of urea groups is 1. The van der Waals surface area contributed by atoms with Gasteiger partial charge in [-0.25, -0.2) is 9.18 Å². The van der Waals surface area contributed by atoms with Crippen molar-refractivity contribution < 1.29 is 23.5 Å². The van der Waals surface area contributed by atoms with E-state index >= 15 is 0 Å². The van der Waals surface area contributed by atoms with E-state index in [0.717, 1.165) is 11.3 Å². The topological polar surface area (TPSA) is 91.0 Å². The van der Waals surface area contributed by atoms with Crippen LogP contribution in [0.3, 0.4) is 0 Å². The lowest BCUT2D eigenvalue weighted by atomic mass is 9.87. The molecule has 0 spiro atoms. The minimum absolute atomic E-state index is 0.00871. The molecule has 4 amide bonds. The number of carbonyl (C=O) groups excluding carboxylic acids is 3. The lowest BCUT2D eigenvalue weighted by Crippen LogP contribution is -2.57. The molecule has 0 saturated carbocycles. The Kier molecular flexibility index (Phi) is 6.30. The fourth-order valence-corrected chi connectivity index (χ4v) is 4.41. The second-order valence-corrected chi connectivity index (χ2v) is 8.29. The van der Waals surface area contributed by atoms with Gasteiger partial charge in [0.05, 0.1) is 6.61 Å². The van der Waals surface area contributed by atoms with Crippen molar-refractivity contribution in [3.05, 3.63) is 29.6 Å². The van der Waals surface area contributed by atoms with Gasteiger partial charge in [0.25, 0.3) is 5.91 Å². The zero-order valence-corrected chi connectivity index (χ0v) is 17.8. The average molecular weight is 420 g/mol. The Morgan fingerprint density at radius 2 is 2.10 bits per heavy atom. The summed E-state index contributed by atoms with van der Waals surface area (Å²) in [6.07, 6.45) is 0.148. The molecule has 2 heterocycles. The van der Waals surface area contributed by atoms with Crippen LogP contribution >= 0.6 is 0 Å². The number of benzene rings is 1. The Bertz CT molecular complexity index is 848. The number of halogens is 1. The van der Waals surface area contributed by atoms with E-state index < -0.39 is 23.4 Å². The average Bonchev–Trinajstić information content (AvgIpc) is 2.96. The summed E-state index contributed by atoms with van der Waals surface area (Å²) in [7, 11) is 1.45. The molecule has 2 fully saturated rings. The van der Waals surface area contributed by atoms with Crippen molar-refractivity contribution in [1.29, 1.82) is 0 Å². The van der Waals surface area contributed by atoms with Crippen LogP contribution < -0.4 is 15.5 Å². The Hall–Kier alpha value is -2.68. The molecule has 9 heteroatoms. The first-order chi connectivity index (χ1) is 14.2. The van der Waals surface area contributed by atoms with Crippen LogP contribution in [-0.4, -0.2) is 67.7 Å². The summed E-state index contributed by atoms with van der Waals surface area (Å²) in [5, 5.41) is 4.84. The Morgan fingerprint density at radius 3 is 2.70 bits per heavy atom. The number of carbonyl (C=O) groups is 3. The summed E-state index contributed by atoms with van der Waals surface area (Å²) in [5.41, 5.74) is 0.584. The third-order valence-corrected chi connectivity index (χ3v) is 5.90. The molecule has 0 aliphatic carbocycles. The molecule has 0 radical (unpaired) electrons. The van der Waals surface area contributed by atoms with Crippen molar-refractivity contribution in [2.45, 2.75) is 38.8 Å². The number of nitrogens with one attached hydrogen (secondary N) is 2. The maximum absolute atomic E-state index is 13.7. The highest BCUT2D eigenvalue weighted by atomic mass is 19.1. The van der Waals surface area contributed by atoms with Gasteiger partial charge in [0.2, 0.25) is 5.91 Å². The van der Waals surface area contributed by atoms with E-state index in [0.29, 0.717) is 19.6 Å². The Balaban J connectivity index is 1.67. The largest absolute Gasteiger partial charge is 0.382 e. The summed E-state index contributed by atoms with van der Waals surface area (Å²) in [4.78, 5) is 40.9. The van der Waals surface area contributed by atoms with E-state index in [2.05, 4.69) is 15.5 Å². The summed E-state index contributed by atoms with van der Waals surface area (Å²) in [5.74, 6) is -1.33. The van der Waals surface area contributed by atoms with Crippen LogP contribution in [0.2, 0.25) is 0 Å². The molecular weight excluding hydrogens is 391 g/mol. The van der Waals surface area contributed by atoms with Crippen LogP contribution in [0.15, 0.2) is 18.2 Å². The van der Waals surface area contributed by atoms with Crippen molar-refractivity contribution >= 4 is 23.5 Å². The standard InChI is InChI=1S/C21H29FN4O4/c1-13-5-6-16(22)9-17(13)26-8-7-25(11-15(26)3)18(27)14(2)10-21(12-30-4)19(28)23-20(29)24-21/h5-6,9,14-15H,7-8,10-12H2,1-4H3,(H2,23,24,28,29)/t14?,15-,21?/m0/s1. The number of nitrogens with zero attached hydrogens (tertiary/aromatic N) is 2. The van der Waals surface area contributed by atoms with Gasteiger partial charge in [-0.1, -0.05) is 13.0 Å². The first-order valence-corrected chi connectivity index (χ1v) is 10.1. The molecule has 2 aliphatic rings. The molecule has 1 aromatic carbocycles. The third kappa shape index (κ3) is 4.26. The van der Waals surface area contributed by atoms with Gasteiger partial charge in [-0.2, -0.15) is 0 Å². The fourth-order valence-electron chi connectivity index (χ4n) is 4.41. The van der Waals surface area contributed by atoms with Crippen LogP contribution in [0.5, 0.6) is 0 Å². The van der Waals surface area contributed by atoms with Gasteiger partial charge in [0.15, 0.2) is 0 Å². The minimum Gasteiger partial charge on any atom is -0.382 e. The molecule has 0 bridgehead atoms. The highest BCUT2D eigenvalue weighted by Crippen LogP contribution is 2.27. The van der Waals surface area contributed by atoms with E-state index in [4.69, 9.17) is 4.74 Å². The fraction of sp³-hybridized carbons (Fsp3) is 0.571. The molecular formula is C21H29FN4O4. The predicted molar refractivity (Wildman–Crippen MR) is 110 cm³/mol. The number of rotatable bonds is 6. The van der Waals surface area contributed by atoms with Crippen molar-refractivity contribution in [2.75, 3.05) is 38.3 Å². The molecule has 2 N–H and O–H groups in total. The monoisotopic (exact) mass is 420 g/mol. The quantitative estimate of drug-likeness (QED) is 0.680. The summed E-state index contributed by atoms with van der Waals surface area (Å²) < 4.78 is 18.9. The molecule has 30 heavy (non-hydrogen) atoms. The number of anilines is 1. The number of ether oxygens (including phenoxy) is 1. The summed E-state index contributed by atoms with van der Waals surface area (Å²) >= 11 is 0. The number of piperazine rings is 1. The van der Waals surface area contributed by atoms with Crippen LogP contribution in [0.25, 0.3) is 0 Å².